The molecule has 5 nitrogen and oxygen atoms in total. The average Bonchev–Trinajstić information content (AvgIpc) is 2.70. The van der Waals surface area contributed by atoms with Gasteiger partial charge in [0, 0.05) is 30.2 Å². The predicted molar refractivity (Wildman–Crippen MR) is 105 cm³/mol. The van der Waals surface area contributed by atoms with Crippen LogP contribution in [0.15, 0.2) is 78.9 Å². The minimum Gasteiger partial charge on any atom is -0.351 e. The van der Waals surface area contributed by atoms with Crippen LogP contribution in [0.25, 0.3) is 0 Å². The summed E-state index contributed by atoms with van der Waals surface area (Å²) in [6.07, 6.45) is 0. The van der Waals surface area contributed by atoms with Crippen LogP contribution in [0.4, 0.5) is 5.69 Å². The van der Waals surface area contributed by atoms with Crippen LogP contribution < -0.4 is 5.32 Å². The van der Waals surface area contributed by atoms with Gasteiger partial charge in [-0.25, -0.2) is 0 Å². The molecule has 0 spiro atoms. The number of rotatable bonds is 6. The van der Waals surface area contributed by atoms with Gasteiger partial charge in [0.25, 0.3) is 11.6 Å². The maximum atomic E-state index is 12.7. The Balaban J connectivity index is 1.83. The van der Waals surface area contributed by atoms with Crippen LogP contribution in [0.3, 0.4) is 0 Å². The van der Waals surface area contributed by atoms with Gasteiger partial charge in [-0.15, -0.1) is 0 Å². The fourth-order valence-corrected chi connectivity index (χ4v) is 3.06. The van der Waals surface area contributed by atoms with Gasteiger partial charge in [-0.2, -0.15) is 0 Å². The summed E-state index contributed by atoms with van der Waals surface area (Å²) in [4.78, 5) is 23.2. The van der Waals surface area contributed by atoms with Crippen molar-refractivity contribution in [2.45, 2.75) is 12.8 Å². The van der Waals surface area contributed by atoms with Crippen molar-refractivity contribution in [2.75, 3.05) is 6.54 Å². The molecule has 0 unspecified atom stereocenters. The quantitative estimate of drug-likeness (QED) is 0.521. The average molecular weight is 360 g/mol. The largest absolute Gasteiger partial charge is 0.351 e. The summed E-state index contributed by atoms with van der Waals surface area (Å²) in [7, 11) is 0. The van der Waals surface area contributed by atoms with E-state index < -0.39 is 4.92 Å². The molecular weight excluding hydrogens is 340 g/mol. The van der Waals surface area contributed by atoms with Crippen molar-refractivity contribution in [3.8, 4) is 0 Å². The van der Waals surface area contributed by atoms with Crippen LogP contribution in [-0.2, 0) is 0 Å². The normalized spacial score (nSPS) is 10.6. The van der Waals surface area contributed by atoms with Crippen LogP contribution in [0.2, 0.25) is 0 Å². The lowest BCUT2D eigenvalue weighted by atomic mass is 9.91. The van der Waals surface area contributed by atoms with E-state index in [2.05, 4.69) is 5.32 Å². The predicted octanol–water partition coefficient (Wildman–Crippen LogP) is 4.47. The second-order valence-electron chi connectivity index (χ2n) is 6.34. The molecule has 0 aromatic heterocycles. The molecule has 0 saturated carbocycles. The first kappa shape index (κ1) is 18.3. The number of carbonyl (C=O) groups excluding carboxylic acids is 1. The molecule has 0 saturated heterocycles. The first-order valence-corrected chi connectivity index (χ1v) is 8.69. The van der Waals surface area contributed by atoms with Gasteiger partial charge in [0.1, 0.15) is 0 Å². The van der Waals surface area contributed by atoms with Crippen molar-refractivity contribution < 1.29 is 9.72 Å². The smallest absolute Gasteiger partial charge is 0.270 e. The topological polar surface area (TPSA) is 72.2 Å². The van der Waals surface area contributed by atoms with Crippen molar-refractivity contribution in [2.24, 2.45) is 0 Å². The molecule has 0 bridgehead atoms. The second kappa shape index (κ2) is 8.27. The Morgan fingerprint density at radius 2 is 1.52 bits per heavy atom. The third-order valence-corrected chi connectivity index (χ3v) is 4.55. The summed E-state index contributed by atoms with van der Waals surface area (Å²) < 4.78 is 0. The molecule has 3 aromatic rings. The first-order chi connectivity index (χ1) is 13.1. The van der Waals surface area contributed by atoms with E-state index in [0.29, 0.717) is 17.7 Å². The Bertz CT molecular complexity index is 901. The van der Waals surface area contributed by atoms with Crippen LogP contribution >= 0.6 is 0 Å². The van der Waals surface area contributed by atoms with E-state index in [1.807, 2.05) is 60.7 Å². The summed E-state index contributed by atoms with van der Waals surface area (Å²) in [6, 6.07) is 24.2. The van der Waals surface area contributed by atoms with E-state index >= 15 is 0 Å². The number of nitro groups is 1. The number of nitro benzene ring substituents is 1. The van der Waals surface area contributed by atoms with Gasteiger partial charge in [-0.3, -0.25) is 14.9 Å². The molecule has 3 rings (SSSR count). The van der Waals surface area contributed by atoms with E-state index in [4.69, 9.17) is 0 Å². The van der Waals surface area contributed by atoms with Gasteiger partial charge in [0.2, 0.25) is 0 Å². The standard InChI is InChI=1S/C22H20N2O3/c1-16-12-13-19(24(26)27)14-20(16)22(25)23-15-21(17-8-4-2-5-9-17)18-10-6-3-7-11-18/h2-14,21H,15H2,1H3,(H,23,25). The van der Waals surface area contributed by atoms with Gasteiger partial charge in [-0.1, -0.05) is 66.7 Å². The zero-order valence-corrected chi connectivity index (χ0v) is 15.0. The van der Waals surface area contributed by atoms with E-state index in [1.165, 1.54) is 12.1 Å². The fourth-order valence-electron chi connectivity index (χ4n) is 3.06. The van der Waals surface area contributed by atoms with Crippen molar-refractivity contribution in [1.82, 2.24) is 5.32 Å². The highest BCUT2D eigenvalue weighted by atomic mass is 16.6. The summed E-state index contributed by atoms with van der Waals surface area (Å²) in [5.41, 5.74) is 3.13. The lowest BCUT2D eigenvalue weighted by molar-refractivity contribution is -0.384. The van der Waals surface area contributed by atoms with Gasteiger partial charge < -0.3 is 5.32 Å². The molecule has 0 fully saturated rings. The Labute approximate surface area is 157 Å². The summed E-state index contributed by atoms with van der Waals surface area (Å²) >= 11 is 0. The zero-order chi connectivity index (χ0) is 19.2. The van der Waals surface area contributed by atoms with E-state index in [0.717, 1.165) is 11.1 Å². The highest BCUT2D eigenvalue weighted by Gasteiger charge is 2.18. The molecule has 0 atom stereocenters. The molecule has 136 valence electrons. The van der Waals surface area contributed by atoms with Gasteiger partial charge in [0.05, 0.1) is 4.92 Å². The molecule has 0 aliphatic carbocycles. The summed E-state index contributed by atoms with van der Waals surface area (Å²) in [5, 5.41) is 13.9. The van der Waals surface area contributed by atoms with Crippen LogP contribution in [0.5, 0.6) is 0 Å². The molecule has 0 aliphatic heterocycles. The van der Waals surface area contributed by atoms with E-state index in [-0.39, 0.29) is 17.5 Å². The molecular formula is C22H20N2O3. The Hall–Kier alpha value is -3.47. The lowest BCUT2D eigenvalue weighted by Gasteiger charge is -2.19. The number of hydrogen-bond acceptors (Lipinski definition) is 3. The van der Waals surface area contributed by atoms with Crippen LogP contribution in [0.1, 0.15) is 33.0 Å². The Morgan fingerprint density at radius 1 is 0.963 bits per heavy atom. The number of nitrogens with one attached hydrogen (secondary N) is 1. The number of nitrogens with zero attached hydrogens (tertiary/aromatic N) is 1. The third-order valence-electron chi connectivity index (χ3n) is 4.55. The van der Waals surface area contributed by atoms with Crippen molar-refractivity contribution in [3.63, 3.8) is 0 Å². The first-order valence-electron chi connectivity index (χ1n) is 8.69. The highest BCUT2D eigenvalue weighted by Crippen LogP contribution is 2.24. The second-order valence-corrected chi connectivity index (χ2v) is 6.34. The number of carbonyl (C=O) groups is 1. The molecule has 0 radical (unpaired) electrons. The van der Waals surface area contributed by atoms with Crippen molar-refractivity contribution >= 4 is 11.6 Å². The minimum absolute atomic E-state index is 0.00430. The van der Waals surface area contributed by atoms with Gasteiger partial charge in [-0.05, 0) is 23.6 Å². The number of aryl methyl sites for hydroxylation is 1. The molecule has 1 N–H and O–H groups in total. The summed E-state index contributed by atoms with van der Waals surface area (Å²) in [6.45, 7) is 2.17. The SMILES string of the molecule is Cc1ccc([N+](=O)[O-])cc1C(=O)NCC(c1ccccc1)c1ccccc1. The maximum absolute atomic E-state index is 12.7. The molecule has 5 heteroatoms. The molecule has 0 aliphatic rings. The monoisotopic (exact) mass is 360 g/mol. The van der Waals surface area contributed by atoms with E-state index in [9.17, 15) is 14.9 Å². The zero-order valence-electron chi connectivity index (χ0n) is 15.0. The maximum Gasteiger partial charge on any atom is 0.270 e. The Morgan fingerprint density at radius 3 is 2.04 bits per heavy atom. The molecule has 1 amide bonds. The Kier molecular flexibility index (Phi) is 5.61. The van der Waals surface area contributed by atoms with Crippen molar-refractivity contribution in [3.05, 3.63) is 111 Å². The van der Waals surface area contributed by atoms with Gasteiger partial charge >= 0.3 is 0 Å². The number of non-ortho nitro benzene ring substituents is 1. The van der Waals surface area contributed by atoms with Crippen LogP contribution in [-0.4, -0.2) is 17.4 Å². The highest BCUT2D eigenvalue weighted by molar-refractivity contribution is 5.96. The number of amides is 1. The fraction of sp³-hybridized carbons (Fsp3) is 0.136. The van der Waals surface area contributed by atoms with Crippen LogP contribution in [0, 0.1) is 17.0 Å². The minimum atomic E-state index is -0.493. The summed E-state index contributed by atoms with van der Waals surface area (Å²) in [5.74, 6) is -0.316. The molecule has 0 heterocycles. The third kappa shape index (κ3) is 4.39. The van der Waals surface area contributed by atoms with Gasteiger partial charge in [0.15, 0.2) is 0 Å². The number of hydrogen-bond donors (Lipinski definition) is 1. The lowest BCUT2D eigenvalue weighted by Crippen LogP contribution is -2.29. The van der Waals surface area contributed by atoms with E-state index in [1.54, 1.807) is 13.0 Å². The molecule has 3 aromatic carbocycles. The molecule has 27 heavy (non-hydrogen) atoms. The van der Waals surface area contributed by atoms with Crippen molar-refractivity contribution in [1.29, 1.82) is 0 Å². The number of benzene rings is 3.